The molecule has 0 aromatic carbocycles. The Morgan fingerprint density at radius 1 is 1.50 bits per heavy atom. The van der Waals surface area contributed by atoms with Gasteiger partial charge >= 0.3 is 0 Å². The summed E-state index contributed by atoms with van der Waals surface area (Å²) in [5.74, 6) is 0.509. The van der Waals surface area contributed by atoms with Crippen LogP contribution < -0.4 is 5.32 Å². The van der Waals surface area contributed by atoms with Gasteiger partial charge in [-0.05, 0) is 39.7 Å². The highest BCUT2D eigenvalue weighted by Crippen LogP contribution is 2.24. The molecule has 0 saturated carbocycles. The first-order valence-corrected chi connectivity index (χ1v) is 8.07. The van der Waals surface area contributed by atoms with Gasteiger partial charge in [-0.2, -0.15) is 5.10 Å². The smallest absolute Gasteiger partial charge is 0.243 e. The van der Waals surface area contributed by atoms with Crippen molar-refractivity contribution in [2.24, 2.45) is 13.0 Å². The number of nitrogens with zero attached hydrogens (tertiary/aromatic N) is 3. The molecule has 1 N–H and O–H groups in total. The van der Waals surface area contributed by atoms with E-state index in [1.165, 1.54) is 0 Å². The van der Waals surface area contributed by atoms with Crippen LogP contribution in [0.3, 0.4) is 0 Å². The number of halogens is 1. The lowest BCUT2D eigenvalue weighted by atomic mass is 10.1. The maximum absolute atomic E-state index is 11.6. The van der Waals surface area contributed by atoms with Gasteiger partial charge in [0.2, 0.25) is 5.91 Å². The summed E-state index contributed by atoms with van der Waals surface area (Å²) in [6.07, 6.45) is 2.75. The summed E-state index contributed by atoms with van der Waals surface area (Å²) in [6, 6.07) is 0. The van der Waals surface area contributed by atoms with Crippen LogP contribution >= 0.6 is 11.6 Å². The van der Waals surface area contributed by atoms with Crippen molar-refractivity contribution < 1.29 is 4.79 Å². The van der Waals surface area contributed by atoms with Gasteiger partial charge in [0, 0.05) is 38.3 Å². The number of carbonyl (C=O) groups excluding carboxylic acids is 1. The normalized spacial score (nSPS) is 18.5. The Morgan fingerprint density at radius 2 is 2.23 bits per heavy atom. The predicted molar refractivity (Wildman–Crippen MR) is 88.8 cm³/mol. The number of allylic oxidation sites excluding steroid dienone is 1. The molecule has 1 fully saturated rings. The number of aryl methyl sites for hydroxylation is 2. The molecular formula is C16H25ClN4O. The van der Waals surface area contributed by atoms with E-state index in [0.29, 0.717) is 5.92 Å². The zero-order chi connectivity index (χ0) is 16.3. The molecule has 0 radical (unpaired) electrons. The summed E-state index contributed by atoms with van der Waals surface area (Å²) < 4.78 is 1.72. The Hall–Kier alpha value is -1.33. The van der Waals surface area contributed by atoms with Crippen LogP contribution in [0.1, 0.15) is 31.5 Å². The first-order chi connectivity index (χ1) is 10.4. The highest BCUT2D eigenvalue weighted by Gasteiger charge is 2.24. The van der Waals surface area contributed by atoms with Crippen molar-refractivity contribution in [3.8, 4) is 0 Å². The fraction of sp³-hybridized carbons (Fsp3) is 0.625. The molecule has 1 aromatic rings. The van der Waals surface area contributed by atoms with Crippen LogP contribution in [0.15, 0.2) is 11.6 Å². The Balaban J connectivity index is 1.83. The topological polar surface area (TPSA) is 50.2 Å². The molecule has 1 aromatic heterocycles. The van der Waals surface area contributed by atoms with Gasteiger partial charge in [-0.1, -0.05) is 17.2 Å². The van der Waals surface area contributed by atoms with Gasteiger partial charge in [-0.3, -0.25) is 14.4 Å². The molecule has 1 atom stereocenters. The van der Waals surface area contributed by atoms with E-state index in [2.05, 4.69) is 15.3 Å². The summed E-state index contributed by atoms with van der Waals surface area (Å²) in [7, 11) is 1.87. The molecule has 2 rings (SSSR count). The van der Waals surface area contributed by atoms with Crippen LogP contribution in [0.25, 0.3) is 0 Å². The maximum Gasteiger partial charge on any atom is 0.243 e. The molecule has 1 aliphatic heterocycles. The van der Waals surface area contributed by atoms with Crippen molar-refractivity contribution in [1.29, 1.82) is 0 Å². The second-order valence-electron chi connectivity index (χ2n) is 6.34. The quantitative estimate of drug-likeness (QED) is 0.845. The highest BCUT2D eigenvalue weighted by molar-refractivity contribution is 6.30. The lowest BCUT2D eigenvalue weighted by Gasteiger charge is -2.16. The van der Waals surface area contributed by atoms with Gasteiger partial charge in [0.15, 0.2) is 0 Å². The van der Waals surface area contributed by atoms with Gasteiger partial charge in [0.25, 0.3) is 0 Å². The molecule has 1 amide bonds. The molecule has 5 nitrogen and oxygen atoms in total. The molecule has 0 aliphatic carbocycles. The maximum atomic E-state index is 11.6. The fourth-order valence-corrected chi connectivity index (χ4v) is 3.09. The van der Waals surface area contributed by atoms with E-state index in [1.54, 1.807) is 10.8 Å². The number of likely N-dealkylation sites (tertiary alicyclic amines) is 1. The number of rotatable bonds is 5. The minimum absolute atomic E-state index is 0.00426. The number of hydrogen-bond donors (Lipinski definition) is 1. The molecule has 2 heterocycles. The molecular weight excluding hydrogens is 300 g/mol. The lowest BCUT2D eigenvalue weighted by Crippen LogP contribution is -2.30. The monoisotopic (exact) mass is 324 g/mol. The van der Waals surface area contributed by atoms with Crippen molar-refractivity contribution in [1.82, 2.24) is 20.0 Å². The van der Waals surface area contributed by atoms with E-state index in [9.17, 15) is 4.79 Å². The largest absolute Gasteiger partial charge is 0.352 e. The average Bonchev–Trinajstić information content (AvgIpc) is 2.96. The van der Waals surface area contributed by atoms with Gasteiger partial charge in [0.05, 0.1) is 5.69 Å². The number of carbonyl (C=O) groups is 1. The molecule has 22 heavy (non-hydrogen) atoms. The van der Waals surface area contributed by atoms with E-state index < -0.39 is 0 Å². The predicted octanol–water partition coefficient (Wildman–Crippen LogP) is 2.29. The summed E-state index contributed by atoms with van der Waals surface area (Å²) in [4.78, 5) is 14.0. The zero-order valence-electron chi connectivity index (χ0n) is 13.8. The molecule has 122 valence electrons. The molecule has 1 aliphatic rings. The van der Waals surface area contributed by atoms with Gasteiger partial charge in [-0.25, -0.2) is 0 Å². The van der Waals surface area contributed by atoms with Crippen molar-refractivity contribution >= 4 is 17.5 Å². The van der Waals surface area contributed by atoms with Gasteiger partial charge in [-0.15, -0.1) is 0 Å². The van der Waals surface area contributed by atoms with Crippen LogP contribution in [0.2, 0.25) is 5.15 Å². The summed E-state index contributed by atoms with van der Waals surface area (Å²) in [5.41, 5.74) is 3.12. The van der Waals surface area contributed by atoms with Crippen LogP contribution in [0.4, 0.5) is 0 Å². The minimum atomic E-state index is 0.00426. The number of hydrogen-bond acceptors (Lipinski definition) is 3. The van der Waals surface area contributed by atoms with Crippen molar-refractivity contribution in [3.05, 3.63) is 28.1 Å². The van der Waals surface area contributed by atoms with Gasteiger partial charge in [0.1, 0.15) is 5.15 Å². The highest BCUT2D eigenvalue weighted by atomic mass is 35.5. The average molecular weight is 325 g/mol. The Kier molecular flexibility index (Phi) is 5.64. The second kappa shape index (κ2) is 7.29. The van der Waals surface area contributed by atoms with Crippen LogP contribution in [0.5, 0.6) is 0 Å². The van der Waals surface area contributed by atoms with Gasteiger partial charge < -0.3 is 5.32 Å². The summed E-state index contributed by atoms with van der Waals surface area (Å²) in [5, 5.41) is 8.06. The molecule has 1 saturated heterocycles. The number of nitrogens with one attached hydrogen (secondary N) is 1. The Labute approximate surface area is 137 Å². The first-order valence-electron chi connectivity index (χ1n) is 7.70. The molecule has 6 heteroatoms. The van der Waals surface area contributed by atoms with Crippen LogP contribution in [0, 0.1) is 12.8 Å². The van der Waals surface area contributed by atoms with Crippen LogP contribution in [-0.4, -0.2) is 40.2 Å². The second-order valence-corrected chi connectivity index (χ2v) is 6.69. The van der Waals surface area contributed by atoms with Crippen molar-refractivity contribution in [2.45, 2.75) is 33.7 Å². The fourth-order valence-electron chi connectivity index (χ4n) is 2.86. The van der Waals surface area contributed by atoms with E-state index in [1.807, 2.05) is 27.8 Å². The SMILES string of the molecule is CC(C)=CC(=O)NC[C@@H]1CCN(Cc2c(C)nn(C)c2Cl)C1. The lowest BCUT2D eigenvalue weighted by molar-refractivity contribution is -0.116. The van der Waals surface area contributed by atoms with Crippen LogP contribution in [-0.2, 0) is 18.4 Å². The zero-order valence-corrected chi connectivity index (χ0v) is 14.6. The molecule has 0 spiro atoms. The van der Waals surface area contributed by atoms with Crippen molar-refractivity contribution in [3.63, 3.8) is 0 Å². The summed E-state index contributed by atoms with van der Waals surface area (Å²) >= 11 is 6.29. The van der Waals surface area contributed by atoms with E-state index in [-0.39, 0.29) is 5.91 Å². The third-order valence-corrected chi connectivity index (χ3v) is 4.48. The summed E-state index contributed by atoms with van der Waals surface area (Å²) in [6.45, 7) is 9.44. The third kappa shape index (κ3) is 4.34. The standard InChI is InChI=1S/C16H25ClN4O/c1-11(2)7-15(22)18-8-13-5-6-21(9-13)10-14-12(3)19-20(4)16(14)17/h7,13H,5-6,8-10H2,1-4H3,(H,18,22)/t13-/m0/s1. The molecule has 0 bridgehead atoms. The van der Waals surface area contributed by atoms with E-state index >= 15 is 0 Å². The minimum Gasteiger partial charge on any atom is -0.352 e. The molecule has 0 unspecified atom stereocenters. The van der Waals surface area contributed by atoms with E-state index in [4.69, 9.17) is 11.6 Å². The number of aromatic nitrogens is 2. The third-order valence-electron chi connectivity index (χ3n) is 4.01. The Morgan fingerprint density at radius 3 is 2.82 bits per heavy atom. The van der Waals surface area contributed by atoms with E-state index in [0.717, 1.165) is 54.6 Å². The first kappa shape index (κ1) is 17.0. The van der Waals surface area contributed by atoms with Crippen molar-refractivity contribution in [2.75, 3.05) is 19.6 Å². The Bertz CT molecular complexity index is 575. The number of amides is 1.